The number of rotatable bonds is 1. The molecule has 2 aliphatic heterocycles. The number of hydrogen-bond acceptors (Lipinski definition) is 3. The molecule has 0 aromatic rings. The molecule has 0 radical (unpaired) electrons. The van der Waals surface area contributed by atoms with E-state index >= 15 is 0 Å². The van der Waals surface area contributed by atoms with Gasteiger partial charge in [-0.1, -0.05) is 13.8 Å². The van der Waals surface area contributed by atoms with Gasteiger partial charge in [-0.15, -0.1) is 0 Å². The second-order valence-electron chi connectivity index (χ2n) is 7.48. The first-order valence-corrected chi connectivity index (χ1v) is 7.14. The molecule has 2 bridgehead atoms. The molecule has 102 valence electrons. The topological polar surface area (TPSA) is 35.5 Å². The van der Waals surface area contributed by atoms with Gasteiger partial charge in [-0.3, -0.25) is 4.79 Å². The minimum Gasteiger partial charge on any atom is -0.462 e. The number of ether oxygens (including phenoxy) is 2. The lowest BCUT2D eigenvalue weighted by Gasteiger charge is -2.39. The largest absolute Gasteiger partial charge is 0.462 e. The van der Waals surface area contributed by atoms with E-state index < -0.39 is 0 Å². The molecule has 2 saturated heterocycles. The van der Waals surface area contributed by atoms with E-state index in [1.54, 1.807) is 0 Å². The van der Waals surface area contributed by atoms with Crippen LogP contribution in [0.15, 0.2) is 0 Å². The Hall–Kier alpha value is -0.570. The Bertz CT molecular complexity index is 376. The lowest BCUT2D eigenvalue weighted by Crippen LogP contribution is -2.42. The van der Waals surface area contributed by atoms with Crippen LogP contribution in [0, 0.1) is 17.3 Å². The highest BCUT2D eigenvalue weighted by atomic mass is 16.6. The molecule has 18 heavy (non-hydrogen) atoms. The molecule has 5 atom stereocenters. The van der Waals surface area contributed by atoms with Crippen LogP contribution >= 0.6 is 0 Å². The van der Waals surface area contributed by atoms with Crippen molar-refractivity contribution < 1.29 is 14.3 Å². The lowest BCUT2D eigenvalue weighted by molar-refractivity contribution is -0.167. The molecule has 3 nitrogen and oxygen atoms in total. The number of carbonyl (C=O) groups is 1. The van der Waals surface area contributed by atoms with Crippen molar-refractivity contribution in [1.82, 2.24) is 0 Å². The van der Waals surface area contributed by atoms with Crippen LogP contribution in [0.1, 0.15) is 53.4 Å². The van der Waals surface area contributed by atoms with Crippen molar-refractivity contribution in [3.05, 3.63) is 0 Å². The summed E-state index contributed by atoms with van der Waals surface area (Å²) in [5.74, 6) is 1.17. The maximum atomic E-state index is 11.1. The minimum atomic E-state index is -0.157. The molecule has 0 amide bonds. The normalized spacial score (nSPS) is 48.9. The molecule has 0 aromatic carbocycles. The lowest BCUT2D eigenvalue weighted by atomic mass is 9.81. The van der Waals surface area contributed by atoms with E-state index in [0.717, 1.165) is 12.8 Å². The fourth-order valence-electron chi connectivity index (χ4n) is 4.73. The Morgan fingerprint density at radius 1 is 1.22 bits per heavy atom. The van der Waals surface area contributed by atoms with Gasteiger partial charge in [-0.2, -0.15) is 0 Å². The highest BCUT2D eigenvalue weighted by Gasteiger charge is 2.61. The average molecular weight is 252 g/mol. The summed E-state index contributed by atoms with van der Waals surface area (Å²) in [6, 6.07) is 0. The third-order valence-electron chi connectivity index (χ3n) is 5.22. The van der Waals surface area contributed by atoms with E-state index in [1.165, 1.54) is 19.8 Å². The molecule has 3 fully saturated rings. The van der Waals surface area contributed by atoms with Gasteiger partial charge >= 0.3 is 5.97 Å². The predicted molar refractivity (Wildman–Crippen MR) is 68.1 cm³/mol. The van der Waals surface area contributed by atoms with Gasteiger partial charge in [0.15, 0.2) is 0 Å². The number of fused-ring (bicyclic) bond motifs is 5. The molecule has 1 aliphatic carbocycles. The highest BCUT2D eigenvalue weighted by Crippen LogP contribution is 2.60. The molecular weight excluding hydrogens is 228 g/mol. The van der Waals surface area contributed by atoms with Gasteiger partial charge in [0.1, 0.15) is 6.10 Å². The summed E-state index contributed by atoms with van der Waals surface area (Å²) in [5, 5.41) is 0. The standard InChI is InChI=1S/C15H24O3/c1-9(16)17-10-5-13-11-7-14(2,3)8-12(11)15(4,6-10)18-13/h10-13H,5-8H2,1-4H3/t10-,11+,12-,13-,15+/m0/s1. The first kappa shape index (κ1) is 12.5. The fourth-order valence-corrected chi connectivity index (χ4v) is 4.73. The molecule has 0 unspecified atom stereocenters. The van der Waals surface area contributed by atoms with Crippen molar-refractivity contribution in [1.29, 1.82) is 0 Å². The Kier molecular flexibility index (Phi) is 2.58. The summed E-state index contributed by atoms with van der Waals surface area (Å²) in [6.45, 7) is 8.47. The van der Waals surface area contributed by atoms with Crippen molar-refractivity contribution in [3.8, 4) is 0 Å². The van der Waals surface area contributed by atoms with Crippen molar-refractivity contribution >= 4 is 5.97 Å². The number of carbonyl (C=O) groups excluding carboxylic acids is 1. The molecule has 3 heteroatoms. The van der Waals surface area contributed by atoms with Crippen molar-refractivity contribution in [2.75, 3.05) is 0 Å². The van der Waals surface area contributed by atoms with E-state index in [-0.39, 0.29) is 17.7 Å². The van der Waals surface area contributed by atoms with Gasteiger partial charge in [-0.25, -0.2) is 0 Å². The summed E-state index contributed by atoms with van der Waals surface area (Å²) in [5.41, 5.74) is 0.383. The minimum absolute atomic E-state index is 0.0680. The van der Waals surface area contributed by atoms with Gasteiger partial charge in [0.05, 0.1) is 11.7 Å². The summed E-state index contributed by atoms with van der Waals surface area (Å²) >= 11 is 0. The van der Waals surface area contributed by atoms with Crippen LogP contribution in [0.25, 0.3) is 0 Å². The molecule has 0 N–H and O–H groups in total. The monoisotopic (exact) mass is 252 g/mol. The molecule has 3 rings (SSSR count). The van der Waals surface area contributed by atoms with Gasteiger partial charge in [-0.05, 0) is 37.0 Å². The summed E-state index contributed by atoms with van der Waals surface area (Å²) < 4.78 is 11.7. The van der Waals surface area contributed by atoms with Crippen LogP contribution in [0.3, 0.4) is 0 Å². The van der Waals surface area contributed by atoms with E-state index in [1.807, 2.05) is 0 Å². The first-order valence-electron chi connectivity index (χ1n) is 7.14. The van der Waals surface area contributed by atoms with Crippen LogP contribution in [0.2, 0.25) is 0 Å². The third-order valence-corrected chi connectivity index (χ3v) is 5.22. The molecule has 0 aromatic heterocycles. The quantitative estimate of drug-likeness (QED) is 0.673. The Morgan fingerprint density at radius 2 is 1.94 bits per heavy atom. The molecule has 2 heterocycles. The number of esters is 1. The Labute approximate surface area is 109 Å². The predicted octanol–water partition coefficient (Wildman–Crippen LogP) is 2.92. The van der Waals surface area contributed by atoms with Crippen LogP contribution in [0.5, 0.6) is 0 Å². The summed E-state index contributed by atoms with van der Waals surface area (Å²) in [6.07, 6.45) is 4.65. The van der Waals surface area contributed by atoms with Crippen molar-refractivity contribution in [2.45, 2.75) is 71.2 Å². The maximum absolute atomic E-state index is 11.1. The van der Waals surface area contributed by atoms with Crippen LogP contribution in [0.4, 0.5) is 0 Å². The van der Waals surface area contributed by atoms with E-state index in [2.05, 4.69) is 20.8 Å². The van der Waals surface area contributed by atoms with Gasteiger partial charge in [0.25, 0.3) is 0 Å². The van der Waals surface area contributed by atoms with E-state index in [9.17, 15) is 4.79 Å². The van der Waals surface area contributed by atoms with Crippen molar-refractivity contribution in [3.63, 3.8) is 0 Å². The van der Waals surface area contributed by atoms with Gasteiger partial charge in [0.2, 0.25) is 0 Å². The summed E-state index contributed by atoms with van der Waals surface area (Å²) in [4.78, 5) is 11.1. The van der Waals surface area contributed by atoms with E-state index in [4.69, 9.17) is 9.47 Å². The smallest absolute Gasteiger partial charge is 0.302 e. The molecule has 3 aliphatic rings. The average Bonchev–Trinajstić information content (AvgIpc) is 2.60. The van der Waals surface area contributed by atoms with Gasteiger partial charge in [0, 0.05) is 19.8 Å². The SMILES string of the molecule is CC(=O)O[C@H]1C[C@@H]2O[C@](C)(C1)[C@H]1CC(C)(C)C[C@@H]21. The zero-order valence-electron chi connectivity index (χ0n) is 11.9. The number of hydrogen-bond donors (Lipinski definition) is 0. The third kappa shape index (κ3) is 1.87. The van der Waals surface area contributed by atoms with Gasteiger partial charge < -0.3 is 9.47 Å². The maximum Gasteiger partial charge on any atom is 0.302 e. The Balaban J connectivity index is 1.80. The first-order chi connectivity index (χ1) is 8.29. The van der Waals surface area contributed by atoms with Crippen LogP contribution < -0.4 is 0 Å². The molecular formula is C15H24O3. The second-order valence-corrected chi connectivity index (χ2v) is 7.48. The van der Waals surface area contributed by atoms with Crippen molar-refractivity contribution in [2.24, 2.45) is 17.3 Å². The fraction of sp³-hybridized carbons (Fsp3) is 0.933. The van der Waals surface area contributed by atoms with Crippen LogP contribution in [-0.4, -0.2) is 23.8 Å². The highest BCUT2D eigenvalue weighted by molar-refractivity contribution is 5.66. The molecule has 1 saturated carbocycles. The zero-order valence-corrected chi connectivity index (χ0v) is 11.9. The van der Waals surface area contributed by atoms with E-state index in [0.29, 0.717) is 23.4 Å². The molecule has 0 spiro atoms. The van der Waals surface area contributed by atoms with Crippen LogP contribution in [-0.2, 0) is 14.3 Å². The zero-order chi connectivity index (χ0) is 13.1. The summed E-state index contributed by atoms with van der Waals surface area (Å²) in [7, 11) is 0. The Morgan fingerprint density at radius 3 is 2.61 bits per heavy atom. The second kappa shape index (κ2) is 3.72.